The fraction of sp³-hybridized carbons (Fsp3) is 0.167. The first-order chi connectivity index (χ1) is 20.4. The Hall–Kier alpha value is -5.53. The van der Waals surface area contributed by atoms with Gasteiger partial charge < -0.3 is 59.8 Å². The molecule has 3 heterocycles. The second-order valence-electron chi connectivity index (χ2n) is 10.4. The SMILES string of the molecule is O=C1c2c(O)cc(O)cc2OC2(c3ccc(O)c(O)c3)Oc3ccc(C4Oc5cc(O)cc(O)c5CC4O)cc3OC12O. The van der Waals surface area contributed by atoms with E-state index in [2.05, 4.69) is 0 Å². The van der Waals surface area contributed by atoms with Gasteiger partial charge in [0.05, 0.1) is 6.10 Å². The molecule has 4 aromatic rings. The van der Waals surface area contributed by atoms with Crippen molar-refractivity contribution in [2.75, 3.05) is 0 Å². The predicted octanol–water partition coefficient (Wildman–Crippen LogP) is 2.55. The molecule has 7 rings (SSSR count). The van der Waals surface area contributed by atoms with E-state index in [-0.39, 0.29) is 46.5 Å². The lowest BCUT2D eigenvalue weighted by molar-refractivity contribution is -0.316. The van der Waals surface area contributed by atoms with Gasteiger partial charge in [0.1, 0.15) is 46.2 Å². The van der Waals surface area contributed by atoms with Crippen molar-refractivity contribution in [3.8, 4) is 57.5 Å². The zero-order valence-electron chi connectivity index (χ0n) is 21.8. The summed E-state index contributed by atoms with van der Waals surface area (Å²) in [5, 5.41) is 83.6. The van der Waals surface area contributed by atoms with Gasteiger partial charge in [0.2, 0.25) is 0 Å². The van der Waals surface area contributed by atoms with Gasteiger partial charge >= 0.3 is 11.6 Å². The lowest BCUT2D eigenvalue weighted by Gasteiger charge is -2.50. The van der Waals surface area contributed by atoms with Crippen molar-refractivity contribution in [2.45, 2.75) is 30.2 Å². The van der Waals surface area contributed by atoms with E-state index in [1.807, 2.05) is 0 Å². The zero-order chi connectivity index (χ0) is 30.4. The van der Waals surface area contributed by atoms with Crippen molar-refractivity contribution >= 4 is 5.78 Å². The van der Waals surface area contributed by atoms with Crippen molar-refractivity contribution in [1.29, 1.82) is 0 Å². The second-order valence-corrected chi connectivity index (χ2v) is 10.4. The van der Waals surface area contributed by atoms with Crippen LogP contribution in [0.15, 0.2) is 60.7 Å². The molecule has 13 heteroatoms. The lowest BCUT2D eigenvalue weighted by atomic mass is 9.85. The van der Waals surface area contributed by atoms with Crippen LogP contribution in [0.3, 0.4) is 0 Å². The number of hydrogen-bond donors (Lipinski definition) is 8. The van der Waals surface area contributed by atoms with Gasteiger partial charge in [-0.25, -0.2) is 0 Å². The van der Waals surface area contributed by atoms with Crippen LogP contribution in [0.5, 0.6) is 57.5 Å². The molecule has 0 fully saturated rings. The molecule has 3 aliphatic rings. The minimum absolute atomic E-state index is 0.0207. The number of hydrogen-bond acceptors (Lipinski definition) is 13. The molecule has 0 bridgehead atoms. The number of fused-ring (bicyclic) bond motifs is 4. The summed E-state index contributed by atoms with van der Waals surface area (Å²) in [5.74, 6) is -10.2. The number of carbonyl (C=O) groups is 1. The number of carbonyl (C=O) groups excluding carboxylic acids is 1. The molecule has 0 aromatic heterocycles. The Morgan fingerprint density at radius 2 is 1.37 bits per heavy atom. The van der Waals surface area contributed by atoms with Crippen LogP contribution >= 0.6 is 0 Å². The number of rotatable bonds is 2. The van der Waals surface area contributed by atoms with Crippen LogP contribution in [0.1, 0.15) is 33.2 Å². The molecular weight excluding hydrogens is 568 g/mol. The molecule has 0 saturated carbocycles. The molecule has 4 unspecified atom stereocenters. The van der Waals surface area contributed by atoms with Crippen molar-refractivity contribution in [1.82, 2.24) is 0 Å². The predicted molar refractivity (Wildman–Crippen MR) is 142 cm³/mol. The minimum Gasteiger partial charge on any atom is -0.508 e. The smallest absolute Gasteiger partial charge is 0.357 e. The van der Waals surface area contributed by atoms with Gasteiger partial charge in [0.25, 0.3) is 5.78 Å². The average Bonchev–Trinajstić information content (AvgIpc) is 2.94. The lowest BCUT2D eigenvalue weighted by Crippen LogP contribution is -2.70. The number of Topliss-reactive ketones (excluding diaryl/α,β-unsaturated/α-hetero) is 1. The van der Waals surface area contributed by atoms with Gasteiger partial charge in [-0.3, -0.25) is 4.79 Å². The van der Waals surface area contributed by atoms with Crippen molar-refractivity contribution in [2.24, 2.45) is 0 Å². The van der Waals surface area contributed by atoms with E-state index < -0.39 is 58.1 Å². The molecule has 0 aliphatic carbocycles. The van der Waals surface area contributed by atoms with E-state index in [0.717, 1.165) is 30.3 Å². The first kappa shape index (κ1) is 26.4. The third-order valence-corrected chi connectivity index (χ3v) is 7.65. The molecule has 0 spiro atoms. The van der Waals surface area contributed by atoms with Crippen molar-refractivity contribution in [3.63, 3.8) is 0 Å². The summed E-state index contributed by atoms with van der Waals surface area (Å²) in [5.41, 5.74) is -0.0997. The van der Waals surface area contributed by atoms with Gasteiger partial charge in [-0.2, -0.15) is 0 Å². The van der Waals surface area contributed by atoms with E-state index >= 15 is 0 Å². The van der Waals surface area contributed by atoms with E-state index in [0.29, 0.717) is 11.1 Å². The normalized spacial score (nSPS) is 25.0. The van der Waals surface area contributed by atoms with Crippen LogP contribution in [0.25, 0.3) is 0 Å². The van der Waals surface area contributed by atoms with Gasteiger partial charge in [-0.05, 0) is 35.9 Å². The number of aliphatic hydroxyl groups is 2. The maximum Gasteiger partial charge on any atom is 0.357 e. The highest BCUT2D eigenvalue weighted by Gasteiger charge is 2.71. The highest BCUT2D eigenvalue weighted by atomic mass is 16.8. The Labute approximate surface area is 241 Å². The first-order valence-electron chi connectivity index (χ1n) is 12.9. The van der Waals surface area contributed by atoms with Crippen LogP contribution in [-0.4, -0.2) is 58.5 Å². The Bertz CT molecular complexity index is 1850. The number of aromatic hydroxyl groups is 6. The Morgan fingerprint density at radius 1 is 0.674 bits per heavy atom. The second kappa shape index (κ2) is 8.74. The Kier molecular flexibility index (Phi) is 5.36. The number of aliphatic hydroxyl groups excluding tert-OH is 1. The third kappa shape index (κ3) is 3.68. The largest absolute Gasteiger partial charge is 0.508 e. The first-order valence-corrected chi connectivity index (χ1v) is 12.9. The Morgan fingerprint density at radius 3 is 2.12 bits per heavy atom. The highest BCUT2D eigenvalue weighted by molar-refractivity contribution is 6.08. The molecule has 0 saturated heterocycles. The van der Waals surface area contributed by atoms with Crippen molar-refractivity contribution in [3.05, 3.63) is 82.9 Å². The van der Waals surface area contributed by atoms with Gasteiger partial charge in [-0.15, -0.1) is 0 Å². The molecule has 8 N–H and O–H groups in total. The molecular formula is C30H22O13. The molecule has 220 valence electrons. The maximum absolute atomic E-state index is 13.9. The standard InChI is InChI=1S/C30H22O13/c31-14-7-18(34)16-11-21(37)27(40-23(16)9-14)12-1-4-22-24(5-12)41-29(39)28(38)26-20(36)8-15(32)10-25(26)43-30(29,42-22)13-2-3-17(33)19(35)6-13/h1-10,21,27,31-37,39H,11H2. The summed E-state index contributed by atoms with van der Waals surface area (Å²) < 4.78 is 23.9. The highest BCUT2D eigenvalue weighted by Crippen LogP contribution is 2.56. The summed E-state index contributed by atoms with van der Waals surface area (Å²) in [7, 11) is 0. The molecule has 4 aromatic carbocycles. The number of phenols is 6. The van der Waals surface area contributed by atoms with E-state index in [4.69, 9.17) is 18.9 Å². The van der Waals surface area contributed by atoms with E-state index in [1.165, 1.54) is 30.3 Å². The molecule has 4 atom stereocenters. The minimum atomic E-state index is -3.06. The summed E-state index contributed by atoms with van der Waals surface area (Å²) in [6, 6.07) is 11.8. The zero-order valence-corrected chi connectivity index (χ0v) is 21.8. The monoisotopic (exact) mass is 590 g/mol. The van der Waals surface area contributed by atoms with Crippen LogP contribution in [0, 0.1) is 0 Å². The van der Waals surface area contributed by atoms with Gasteiger partial charge in [-0.1, -0.05) is 6.07 Å². The maximum atomic E-state index is 13.9. The molecule has 0 radical (unpaired) electrons. The molecule has 3 aliphatic heterocycles. The number of benzene rings is 4. The van der Waals surface area contributed by atoms with Crippen LogP contribution in [0.4, 0.5) is 0 Å². The summed E-state index contributed by atoms with van der Waals surface area (Å²) in [6.45, 7) is 0. The van der Waals surface area contributed by atoms with E-state index in [9.17, 15) is 45.6 Å². The number of phenolic OH excluding ortho intramolecular Hbond substituents is 6. The van der Waals surface area contributed by atoms with Gasteiger partial charge in [0, 0.05) is 41.8 Å². The fourth-order valence-electron chi connectivity index (χ4n) is 5.61. The number of ketones is 1. The van der Waals surface area contributed by atoms with Crippen LogP contribution in [-0.2, 0) is 12.2 Å². The topological polar surface area (TPSA) is 216 Å². The summed E-state index contributed by atoms with van der Waals surface area (Å²) in [4.78, 5) is 13.9. The third-order valence-electron chi connectivity index (χ3n) is 7.65. The quantitative estimate of drug-likeness (QED) is 0.158. The van der Waals surface area contributed by atoms with E-state index in [1.54, 1.807) is 0 Å². The Balaban J connectivity index is 1.36. The molecule has 43 heavy (non-hydrogen) atoms. The van der Waals surface area contributed by atoms with Crippen LogP contribution in [0.2, 0.25) is 0 Å². The number of ether oxygens (including phenoxy) is 4. The van der Waals surface area contributed by atoms with Gasteiger partial charge in [0.15, 0.2) is 23.0 Å². The molecule has 0 amide bonds. The fourth-order valence-corrected chi connectivity index (χ4v) is 5.61. The van der Waals surface area contributed by atoms with Crippen LogP contribution < -0.4 is 18.9 Å². The van der Waals surface area contributed by atoms with Crippen molar-refractivity contribution < 1.29 is 64.6 Å². The summed E-state index contributed by atoms with van der Waals surface area (Å²) in [6.07, 6.45) is -2.22. The molecule has 13 nitrogen and oxygen atoms in total. The summed E-state index contributed by atoms with van der Waals surface area (Å²) >= 11 is 0. The average molecular weight is 590 g/mol.